The van der Waals surface area contributed by atoms with Gasteiger partial charge in [0.2, 0.25) is 5.91 Å². The standard InChI is InChI=1S/C25H26N2O3/c1-2-30-17-7-16-26-25(29)21-11-6-12-22(18-21)27-24(28)15-14-20-10-5-9-19-8-3-4-13-23(19)20/h3-6,8-15,18H,2,7,16-17H2,1H3,(H,26,29)(H,27,28). The van der Waals surface area contributed by atoms with Crippen LogP contribution < -0.4 is 10.6 Å². The molecule has 0 aromatic heterocycles. The van der Waals surface area contributed by atoms with Crippen LogP contribution in [0.3, 0.4) is 0 Å². The summed E-state index contributed by atoms with van der Waals surface area (Å²) in [6.07, 6.45) is 4.06. The third-order valence-corrected chi connectivity index (χ3v) is 4.59. The molecule has 0 spiro atoms. The van der Waals surface area contributed by atoms with Gasteiger partial charge in [-0.25, -0.2) is 0 Å². The summed E-state index contributed by atoms with van der Waals surface area (Å²) < 4.78 is 5.26. The highest BCUT2D eigenvalue weighted by atomic mass is 16.5. The Labute approximate surface area is 176 Å². The molecule has 2 amide bonds. The molecule has 0 bridgehead atoms. The number of carbonyl (C=O) groups is 2. The molecule has 0 radical (unpaired) electrons. The molecule has 0 saturated heterocycles. The number of hydrogen-bond acceptors (Lipinski definition) is 3. The summed E-state index contributed by atoms with van der Waals surface area (Å²) in [5.41, 5.74) is 2.05. The number of benzene rings is 3. The molecular weight excluding hydrogens is 376 g/mol. The Morgan fingerprint density at radius 3 is 2.67 bits per heavy atom. The van der Waals surface area contributed by atoms with Crippen molar-refractivity contribution in [3.05, 3.63) is 83.9 Å². The molecule has 3 aromatic rings. The van der Waals surface area contributed by atoms with Gasteiger partial charge in [0.05, 0.1) is 0 Å². The van der Waals surface area contributed by atoms with Crippen molar-refractivity contribution in [3.8, 4) is 0 Å². The molecule has 0 heterocycles. The molecule has 30 heavy (non-hydrogen) atoms. The lowest BCUT2D eigenvalue weighted by molar-refractivity contribution is -0.111. The fourth-order valence-electron chi connectivity index (χ4n) is 3.11. The summed E-state index contributed by atoms with van der Waals surface area (Å²) in [7, 11) is 0. The molecule has 0 aliphatic heterocycles. The second-order valence-corrected chi connectivity index (χ2v) is 6.78. The van der Waals surface area contributed by atoms with E-state index in [1.807, 2.05) is 49.4 Å². The summed E-state index contributed by atoms with van der Waals surface area (Å²) in [5, 5.41) is 7.89. The van der Waals surface area contributed by atoms with Gasteiger partial charge in [-0.1, -0.05) is 48.5 Å². The number of ether oxygens (including phenoxy) is 1. The van der Waals surface area contributed by atoms with Crippen LogP contribution in [0.4, 0.5) is 5.69 Å². The first-order valence-corrected chi connectivity index (χ1v) is 10.1. The van der Waals surface area contributed by atoms with Gasteiger partial charge in [-0.2, -0.15) is 0 Å². The Morgan fingerprint density at radius 1 is 1.00 bits per heavy atom. The van der Waals surface area contributed by atoms with Crippen LogP contribution in [0, 0.1) is 0 Å². The number of fused-ring (bicyclic) bond motifs is 1. The van der Waals surface area contributed by atoms with E-state index in [9.17, 15) is 9.59 Å². The molecule has 0 aliphatic rings. The van der Waals surface area contributed by atoms with Gasteiger partial charge in [-0.15, -0.1) is 0 Å². The minimum absolute atomic E-state index is 0.172. The monoisotopic (exact) mass is 402 g/mol. The van der Waals surface area contributed by atoms with Gasteiger partial charge in [0.1, 0.15) is 0 Å². The van der Waals surface area contributed by atoms with E-state index in [0.717, 1.165) is 22.8 Å². The van der Waals surface area contributed by atoms with E-state index in [1.165, 1.54) is 6.08 Å². The van der Waals surface area contributed by atoms with Crippen LogP contribution in [0.25, 0.3) is 16.8 Å². The smallest absolute Gasteiger partial charge is 0.251 e. The Balaban J connectivity index is 1.59. The number of rotatable bonds is 9. The summed E-state index contributed by atoms with van der Waals surface area (Å²) in [4.78, 5) is 24.6. The molecule has 0 fully saturated rings. The molecule has 0 atom stereocenters. The first kappa shape index (κ1) is 21.3. The van der Waals surface area contributed by atoms with Crippen LogP contribution in [-0.2, 0) is 9.53 Å². The summed E-state index contributed by atoms with van der Waals surface area (Å²) >= 11 is 0. The molecule has 154 valence electrons. The molecule has 0 aliphatic carbocycles. The lowest BCUT2D eigenvalue weighted by Gasteiger charge is -2.08. The molecule has 3 rings (SSSR count). The average Bonchev–Trinajstić information content (AvgIpc) is 2.77. The van der Waals surface area contributed by atoms with Crippen molar-refractivity contribution < 1.29 is 14.3 Å². The van der Waals surface area contributed by atoms with Crippen molar-refractivity contribution in [1.82, 2.24) is 5.32 Å². The van der Waals surface area contributed by atoms with E-state index in [0.29, 0.717) is 31.0 Å². The van der Waals surface area contributed by atoms with Gasteiger partial charge in [-0.05, 0) is 54.0 Å². The second-order valence-electron chi connectivity index (χ2n) is 6.78. The highest BCUT2D eigenvalue weighted by Gasteiger charge is 2.07. The molecule has 0 unspecified atom stereocenters. The first-order chi connectivity index (χ1) is 14.7. The maximum Gasteiger partial charge on any atom is 0.251 e. The van der Waals surface area contributed by atoms with Gasteiger partial charge in [0.15, 0.2) is 0 Å². The van der Waals surface area contributed by atoms with Crippen LogP contribution >= 0.6 is 0 Å². The molecular formula is C25H26N2O3. The van der Waals surface area contributed by atoms with Crippen LogP contribution in [0.2, 0.25) is 0 Å². The van der Waals surface area contributed by atoms with Gasteiger partial charge in [-0.3, -0.25) is 9.59 Å². The Morgan fingerprint density at radius 2 is 1.80 bits per heavy atom. The van der Waals surface area contributed by atoms with E-state index in [4.69, 9.17) is 4.74 Å². The van der Waals surface area contributed by atoms with E-state index < -0.39 is 0 Å². The zero-order valence-corrected chi connectivity index (χ0v) is 17.1. The minimum Gasteiger partial charge on any atom is -0.382 e. The predicted octanol–water partition coefficient (Wildman–Crippen LogP) is 4.65. The zero-order chi connectivity index (χ0) is 21.2. The van der Waals surface area contributed by atoms with Crippen molar-refractivity contribution >= 4 is 34.4 Å². The Bertz CT molecular complexity index is 1040. The number of anilines is 1. The lowest BCUT2D eigenvalue weighted by atomic mass is 10.0. The number of hydrogen-bond donors (Lipinski definition) is 2. The highest BCUT2D eigenvalue weighted by molar-refractivity contribution is 6.04. The largest absolute Gasteiger partial charge is 0.382 e. The third kappa shape index (κ3) is 6.03. The number of amides is 2. The quantitative estimate of drug-likeness (QED) is 0.404. The van der Waals surface area contributed by atoms with Crippen molar-refractivity contribution in [2.75, 3.05) is 25.1 Å². The van der Waals surface area contributed by atoms with E-state index in [-0.39, 0.29) is 11.8 Å². The van der Waals surface area contributed by atoms with Crippen molar-refractivity contribution in [2.24, 2.45) is 0 Å². The van der Waals surface area contributed by atoms with Crippen LogP contribution in [-0.4, -0.2) is 31.6 Å². The van der Waals surface area contributed by atoms with Crippen LogP contribution in [0.15, 0.2) is 72.8 Å². The number of carbonyl (C=O) groups excluding carboxylic acids is 2. The highest BCUT2D eigenvalue weighted by Crippen LogP contribution is 2.19. The molecule has 5 heteroatoms. The SMILES string of the molecule is CCOCCCNC(=O)c1cccc(NC(=O)C=Cc2cccc3ccccc23)c1. The molecule has 2 N–H and O–H groups in total. The van der Waals surface area contributed by atoms with Crippen LogP contribution in [0.5, 0.6) is 0 Å². The van der Waals surface area contributed by atoms with Crippen molar-refractivity contribution in [2.45, 2.75) is 13.3 Å². The van der Waals surface area contributed by atoms with E-state index in [1.54, 1.807) is 30.3 Å². The summed E-state index contributed by atoms with van der Waals surface area (Å²) in [6.45, 7) is 3.78. The van der Waals surface area contributed by atoms with Gasteiger partial charge in [0, 0.05) is 37.1 Å². The topological polar surface area (TPSA) is 67.4 Å². The fraction of sp³-hybridized carbons (Fsp3) is 0.200. The lowest BCUT2D eigenvalue weighted by Crippen LogP contribution is -2.25. The summed E-state index contributed by atoms with van der Waals surface area (Å²) in [6, 6.07) is 20.9. The maximum absolute atomic E-state index is 12.4. The minimum atomic E-state index is -0.253. The zero-order valence-electron chi connectivity index (χ0n) is 17.1. The Kier molecular flexibility index (Phi) is 7.75. The third-order valence-electron chi connectivity index (χ3n) is 4.59. The van der Waals surface area contributed by atoms with Gasteiger partial charge < -0.3 is 15.4 Å². The normalized spacial score (nSPS) is 11.0. The van der Waals surface area contributed by atoms with E-state index >= 15 is 0 Å². The summed E-state index contributed by atoms with van der Waals surface area (Å²) in [5.74, 6) is -0.425. The average molecular weight is 402 g/mol. The van der Waals surface area contributed by atoms with Crippen LogP contribution in [0.1, 0.15) is 29.3 Å². The fourth-order valence-corrected chi connectivity index (χ4v) is 3.11. The molecule has 3 aromatic carbocycles. The predicted molar refractivity (Wildman–Crippen MR) is 121 cm³/mol. The molecule has 0 saturated carbocycles. The first-order valence-electron chi connectivity index (χ1n) is 10.1. The van der Waals surface area contributed by atoms with Crippen molar-refractivity contribution in [3.63, 3.8) is 0 Å². The maximum atomic E-state index is 12.4. The van der Waals surface area contributed by atoms with Gasteiger partial charge >= 0.3 is 0 Å². The number of nitrogens with one attached hydrogen (secondary N) is 2. The molecule has 5 nitrogen and oxygen atoms in total. The van der Waals surface area contributed by atoms with E-state index in [2.05, 4.69) is 10.6 Å². The van der Waals surface area contributed by atoms with Gasteiger partial charge in [0.25, 0.3) is 5.91 Å². The Hall–Kier alpha value is -3.44. The second kappa shape index (κ2) is 10.9. The van der Waals surface area contributed by atoms with Crippen molar-refractivity contribution in [1.29, 1.82) is 0 Å².